The molecule has 0 aliphatic carbocycles. The van der Waals surface area contributed by atoms with Crippen molar-refractivity contribution in [1.82, 2.24) is 4.98 Å². The summed E-state index contributed by atoms with van der Waals surface area (Å²) in [5.74, 6) is 0.0407. The van der Waals surface area contributed by atoms with Crippen molar-refractivity contribution in [2.24, 2.45) is 0 Å². The van der Waals surface area contributed by atoms with E-state index in [2.05, 4.69) is 9.71 Å². The van der Waals surface area contributed by atoms with Crippen LogP contribution in [-0.2, 0) is 10.0 Å². The summed E-state index contributed by atoms with van der Waals surface area (Å²) >= 11 is 0. The van der Waals surface area contributed by atoms with Crippen molar-refractivity contribution in [1.29, 1.82) is 0 Å². The Morgan fingerprint density at radius 3 is 2.55 bits per heavy atom. The highest BCUT2D eigenvalue weighted by molar-refractivity contribution is 7.92. The van der Waals surface area contributed by atoms with Crippen LogP contribution in [0.25, 0.3) is 0 Å². The van der Waals surface area contributed by atoms with Crippen LogP contribution >= 0.6 is 0 Å². The minimum Gasteiger partial charge on any atom is -0.396 e. The molecule has 0 amide bonds. The number of sulfonamides is 1. The molecular formula is C14H17N3O2S. The number of nitrogens with zero attached hydrogens (tertiary/aromatic N) is 1. The Morgan fingerprint density at radius 2 is 1.90 bits per heavy atom. The van der Waals surface area contributed by atoms with Gasteiger partial charge in [-0.15, -0.1) is 0 Å². The maximum Gasteiger partial charge on any atom is 0.234 e. The van der Waals surface area contributed by atoms with Gasteiger partial charge in [-0.05, 0) is 23.6 Å². The van der Waals surface area contributed by atoms with Crippen molar-refractivity contribution >= 4 is 21.5 Å². The van der Waals surface area contributed by atoms with E-state index in [-0.39, 0.29) is 17.5 Å². The Labute approximate surface area is 118 Å². The van der Waals surface area contributed by atoms with Gasteiger partial charge in [0.05, 0.1) is 11.4 Å². The zero-order chi connectivity index (χ0) is 14.6. The molecule has 0 radical (unpaired) electrons. The Balaban J connectivity index is 2.10. The average molecular weight is 291 g/mol. The minimum atomic E-state index is -3.50. The summed E-state index contributed by atoms with van der Waals surface area (Å²) in [5, 5.41) is 0. The molecule has 106 valence electrons. The largest absolute Gasteiger partial charge is 0.396 e. The number of benzene rings is 1. The second kappa shape index (κ2) is 5.92. The molecule has 0 saturated heterocycles. The van der Waals surface area contributed by atoms with E-state index in [1.54, 1.807) is 12.1 Å². The molecule has 6 heteroatoms. The minimum absolute atomic E-state index is 0.0208. The second-order valence-corrected chi connectivity index (χ2v) is 6.40. The Morgan fingerprint density at radius 1 is 1.20 bits per heavy atom. The van der Waals surface area contributed by atoms with Gasteiger partial charge in [-0.2, -0.15) is 0 Å². The highest BCUT2D eigenvalue weighted by atomic mass is 32.2. The number of aromatic nitrogens is 1. The number of nitrogens with two attached hydrogens (primary N) is 1. The molecule has 1 aromatic heterocycles. The first-order valence-electron chi connectivity index (χ1n) is 6.24. The molecule has 1 aromatic carbocycles. The Hall–Kier alpha value is -2.08. The van der Waals surface area contributed by atoms with Gasteiger partial charge in [0.15, 0.2) is 5.82 Å². The third kappa shape index (κ3) is 3.71. The fraction of sp³-hybridized carbons (Fsp3) is 0.214. The number of nitrogens with one attached hydrogen (secondary N) is 1. The van der Waals surface area contributed by atoms with Gasteiger partial charge in [-0.3, -0.25) is 4.72 Å². The van der Waals surface area contributed by atoms with Gasteiger partial charge >= 0.3 is 0 Å². The van der Waals surface area contributed by atoms with Crippen LogP contribution in [0.2, 0.25) is 0 Å². The lowest BCUT2D eigenvalue weighted by atomic mass is 10.0. The van der Waals surface area contributed by atoms with Crippen LogP contribution < -0.4 is 10.5 Å². The van der Waals surface area contributed by atoms with Crippen LogP contribution in [-0.4, -0.2) is 19.2 Å². The maximum absolute atomic E-state index is 12.1. The number of anilines is 2. The molecule has 0 saturated carbocycles. The summed E-state index contributed by atoms with van der Waals surface area (Å²) in [6, 6.07) is 12.8. The molecule has 5 nitrogen and oxygen atoms in total. The van der Waals surface area contributed by atoms with Crippen LogP contribution in [0.5, 0.6) is 0 Å². The second-order valence-electron chi connectivity index (χ2n) is 4.64. The number of nitrogen functional groups attached to an aromatic ring is 1. The van der Waals surface area contributed by atoms with Crippen LogP contribution in [0.3, 0.4) is 0 Å². The maximum atomic E-state index is 12.1. The van der Waals surface area contributed by atoms with Crippen molar-refractivity contribution in [3.05, 3.63) is 54.2 Å². The van der Waals surface area contributed by atoms with Gasteiger partial charge in [0, 0.05) is 6.20 Å². The van der Waals surface area contributed by atoms with Crippen molar-refractivity contribution < 1.29 is 8.42 Å². The lowest BCUT2D eigenvalue weighted by molar-refractivity contribution is 0.595. The van der Waals surface area contributed by atoms with Crippen molar-refractivity contribution in [2.45, 2.75) is 12.8 Å². The SMILES string of the molecule is CC(CS(=O)(=O)Nc1ncccc1N)c1ccccc1. The third-order valence-electron chi connectivity index (χ3n) is 2.93. The summed E-state index contributed by atoms with van der Waals surface area (Å²) in [6.07, 6.45) is 1.49. The third-order valence-corrected chi connectivity index (χ3v) is 4.37. The van der Waals surface area contributed by atoms with E-state index in [4.69, 9.17) is 5.73 Å². The fourth-order valence-corrected chi connectivity index (χ4v) is 3.30. The van der Waals surface area contributed by atoms with Gasteiger partial charge in [0.25, 0.3) is 0 Å². The predicted octanol–water partition coefficient (Wildman–Crippen LogP) is 2.21. The molecule has 2 rings (SSSR count). The van der Waals surface area contributed by atoms with Crippen molar-refractivity contribution in [3.8, 4) is 0 Å². The molecule has 1 heterocycles. The van der Waals surface area contributed by atoms with Crippen LogP contribution in [0, 0.1) is 0 Å². The molecule has 0 aliphatic heterocycles. The van der Waals surface area contributed by atoms with Crippen LogP contribution in [0.1, 0.15) is 18.4 Å². The fourth-order valence-electron chi connectivity index (χ4n) is 1.90. The highest BCUT2D eigenvalue weighted by Gasteiger charge is 2.18. The lowest BCUT2D eigenvalue weighted by Crippen LogP contribution is -2.21. The molecule has 3 N–H and O–H groups in total. The monoisotopic (exact) mass is 291 g/mol. The zero-order valence-electron chi connectivity index (χ0n) is 11.2. The zero-order valence-corrected chi connectivity index (χ0v) is 12.0. The first-order chi connectivity index (χ1) is 9.48. The first-order valence-corrected chi connectivity index (χ1v) is 7.89. The van der Waals surface area contributed by atoms with Crippen molar-refractivity contribution in [3.63, 3.8) is 0 Å². The molecule has 0 aliphatic rings. The van der Waals surface area contributed by atoms with Crippen molar-refractivity contribution in [2.75, 3.05) is 16.2 Å². The number of pyridine rings is 1. The van der Waals surface area contributed by atoms with Crippen LogP contribution in [0.15, 0.2) is 48.7 Å². The van der Waals surface area contributed by atoms with E-state index in [0.717, 1.165) is 5.56 Å². The van der Waals surface area contributed by atoms with Gasteiger partial charge in [0.1, 0.15) is 0 Å². The quantitative estimate of drug-likeness (QED) is 0.884. The van der Waals surface area contributed by atoms with Gasteiger partial charge in [-0.25, -0.2) is 13.4 Å². The summed E-state index contributed by atoms with van der Waals surface area (Å²) in [7, 11) is -3.50. The molecule has 2 aromatic rings. The summed E-state index contributed by atoms with van der Waals surface area (Å²) < 4.78 is 26.7. The summed E-state index contributed by atoms with van der Waals surface area (Å²) in [5.41, 5.74) is 6.97. The van der Waals surface area contributed by atoms with E-state index in [9.17, 15) is 8.42 Å². The molecule has 0 bridgehead atoms. The predicted molar refractivity (Wildman–Crippen MR) is 80.9 cm³/mol. The molecule has 1 atom stereocenters. The molecular weight excluding hydrogens is 274 g/mol. The average Bonchev–Trinajstić information content (AvgIpc) is 2.41. The lowest BCUT2D eigenvalue weighted by Gasteiger charge is -2.14. The van der Waals surface area contributed by atoms with E-state index >= 15 is 0 Å². The smallest absolute Gasteiger partial charge is 0.234 e. The molecule has 0 fully saturated rings. The van der Waals surface area contributed by atoms with E-state index in [0.29, 0.717) is 5.69 Å². The highest BCUT2D eigenvalue weighted by Crippen LogP contribution is 2.20. The van der Waals surface area contributed by atoms with E-state index in [1.165, 1.54) is 6.20 Å². The first kappa shape index (κ1) is 14.3. The van der Waals surface area contributed by atoms with Crippen LogP contribution in [0.4, 0.5) is 11.5 Å². The normalized spacial score (nSPS) is 12.8. The van der Waals surface area contributed by atoms with Gasteiger partial charge in [0.2, 0.25) is 10.0 Å². The number of rotatable bonds is 5. The molecule has 1 unspecified atom stereocenters. The molecule has 20 heavy (non-hydrogen) atoms. The van der Waals surface area contributed by atoms with E-state index < -0.39 is 10.0 Å². The molecule has 0 spiro atoms. The Kier molecular flexibility index (Phi) is 4.24. The topological polar surface area (TPSA) is 85.1 Å². The van der Waals surface area contributed by atoms with Gasteiger partial charge in [-0.1, -0.05) is 37.3 Å². The standard InChI is InChI=1S/C14H17N3O2S/c1-11(12-6-3-2-4-7-12)10-20(18,19)17-14-13(15)8-5-9-16-14/h2-9,11H,10,15H2,1H3,(H,16,17). The van der Waals surface area contributed by atoms with E-state index in [1.807, 2.05) is 37.3 Å². The summed E-state index contributed by atoms with van der Waals surface area (Å²) in [4.78, 5) is 3.93. The number of hydrogen-bond donors (Lipinski definition) is 2. The Bertz CT molecular complexity index is 672. The summed E-state index contributed by atoms with van der Waals surface area (Å²) in [6.45, 7) is 1.87. The number of hydrogen-bond acceptors (Lipinski definition) is 4. The van der Waals surface area contributed by atoms with Gasteiger partial charge < -0.3 is 5.73 Å².